The molecule has 0 radical (unpaired) electrons. The zero-order chi connectivity index (χ0) is 6.69. The molecular formula is C7H14ClN. The molecule has 54 valence electrons. The summed E-state index contributed by atoms with van der Waals surface area (Å²) in [4.78, 5) is 0. The third-order valence-corrected chi connectivity index (χ3v) is 2.39. The zero-order valence-electron chi connectivity index (χ0n) is 5.86. The maximum atomic E-state index is 5.93. The summed E-state index contributed by atoms with van der Waals surface area (Å²) >= 11 is 5.93. The highest BCUT2D eigenvalue weighted by Gasteiger charge is 2.16. The molecule has 0 aromatic carbocycles. The van der Waals surface area contributed by atoms with E-state index >= 15 is 0 Å². The summed E-state index contributed by atoms with van der Waals surface area (Å²) in [7, 11) is 0. The van der Waals surface area contributed by atoms with Crippen LogP contribution in [0.4, 0.5) is 0 Å². The lowest BCUT2D eigenvalue weighted by atomic mass is 9.95. The Hall–Kier alpha value is 0.250. The van der Waals surface area contributed by atoms with Crippen LogP contribution in [0.15, 0.2) is 0 Å². The Labute approximate surface area is 61.8 Å². The van der Waals surface area contributed by atoms with Gasteiger partial charge < -0.3 is 5.32 Å². The third-order valence-electron chi connectivity index (χ3n) is 2.03. The Balaban J connectivity index is 2.23. The lowest BCUT2D eigenvalue weighted by Gasteiger charge is -2.24. The fourth-order valence-electron chi connectivity index (χ4n) is 1.30. The van der Waals surface area contributed by atoms with Crippen molar-refractivity contribution >= 4 is 11.6 Å². The van der Waals surface area contributed by atoms with Gasteiger partial charge >= 0.3 is 0 Å². The quantitative estimate of drug-likeness (QED) is 0.556. The Morgan fingerprint density at radius 2 is 2.00 bits per heavy atom. The standard InChI is InChI=1S/C7H14ClN/c1-6(8)7-2-4-9-5-3-7/h6-7,9H,2-5H2,1H3. The predicted octanol–water partition coefficient (Wildman–Crippen LogP) is 1.61. The summed E-state index contributed by atoms with van der Waals surface area (Å²) in [6.45, 7) is 4.40. The van der Waals surface area contributed by atoms with Crippen molar-refractivity contribution in [1.29, 1.82) is 0 Å². The lowest BCUT2D eigenvalue weighted by Crippen LogP contribution is -2.31. The zero-order valence-corrected chi connectivity index (χ0v) is 6.62. The van der Waals surface area contributed by atoms with E-state index in [1.165, 1.54) is 12.8 Å². The first kappa shape index (κ1) is 7.36. The van der Waals surface area contributed by atoms with Gasteiger partial charge in [-0.2, -0.15) is 0 Å². The molecule has 0 aromatic rings. The van der Waals surface area contributed by atoms with Crippen LogP contribution in [0, 0.1) is 5.92 Å². The molecule has 1 fully saturated rings. The smallest absolute Gasteiger partial charge is 0.0337 e. The molecule has 1 N–H and O–H groups in total. The summed E-state index contributed by atoms with van der Waals surface area (Å²) in [6, 6.07) is 0. The second-order valence-corrected chi connectivity index (χ2v) is 3.45. The van der Waals surface area contributed by atoms with Crippen molar-refractivity contribution in [3.63, 3.8) is 0 Å². The van der Waals surface area contributed by atoms with Gasteiger partial charge in [0, 0.05) is 5.38 Å². The van der Waals surface area contributed by atoms with Gasteiger partial charge in [-0.25, -0.2) is 0 Å². The van der Waals surface area contributed by atoms with E-state index in [0.717, 1.165) is 19.0 Å². The molecule has 0 saturated carbocycles. The van der Waals surface area contributed by atoms with Crippen molar-refractivity contribution in [1.82, 2.24) is 5.32 Å². The molecule has 0 amide bonds. The first-order valence-corrected chi connectivity index (χ1v) is 4.09. The average molecular weight is 148 g/mol. The Bertz CT molecular complexity index is 77.0. The Kier molecular flexibility index (Phi) is 2.80. The second-order valence-electron chi connectivity index (χ2n) is 2.76. The summed E-state index contributed by atoms with van der Waals surface area (Å²) in [5, 5.41) is 3.68. The maximum absolute atomic E-state index is 5.93. The van der Waals surface area contributed by atoms with Crippen molar-refractivity contribution < 1.29 is 0 Å². The Morgan fingerprint density at radius 1 is 1.44 bits per heavy atom. The lowest BCUT2D eigenvalue weighted by molar-refractivity contribution is 0.370. The van der Waals surface area contributed by atoms with Crippen molar-refractivity contribution in [2.75, 3.05) is 13.1 Å². The fourth-order valence-corrected chi connectivity index (χ4v) is 1.56. The number of rotatable bonds is 1. The molecule has 1 nitrogen and oxygen atoms in total. The third kappa shape index (κ3) is 2.15. The number of hydrogen-bond acceptors (Lipinski definition) is 1. The molecule has 9 heavy (non-hydrogen) atoms. The summed E-state index contributed by atoms with van der Waals surface area (Å²) in [5.74, 6) is 0.757. The highest BCUT2D eigenvalue weighted by molar-refractivity contribution is 6.20. The monoisotopic (exact) mass is 147 g/mol. The van der Waals surface area contributed by atoms with Gasteiger partial charge in [0.05, 0.1) is 0 Å². The van der Waals surface area contributed by atoms with E-state index in [4.69, 9.17) is 11.6 Å². The van der Waals surface area contributed by atoms with Gasteiger partial charge in [0.2, 0.25) is 0 Å². The van der Waals surface area contributed by atoms with Gasteiger partial charge in [0.1, 0.15) is 0 Å². The molecule has 1 unspecified atom stereocenters. The van der Waals surface area contributed by atoms with E-state index in [2.05, 4.69) is 12.2 Å². The first-order valence-electron chi connectivity index (χ1n) is 3.65. The van der Waals surface area contributed by atoms with Gasteiger partial charge in [-0.1, -0.05) is 0 Å². The molecule has 1 saturated heterocycles. The number of piperidine rings is 1. The number of alkyl halides is 1. The number of hydrogen-bond donors (Lipinski definition) is 1. The first-order chi connectivity index (χ1) is 4.30. The van der Waals surface area contributed by atoms with Crippen molar-refractivity contribution in [2.24, 2.45) is 5.92 Å². The van der Waals surface area contributed by atoms with Gasteiger partial charge in [-0.05, 0) is 38.8 Å². The second kappa shape index (κ2) is 3.43. The van der Waals surface area contributed by atoms with Crippen molar-refractivity contribution in [3.05, 3.63) is 0 Å². The van der Waals surface area contributed by atoms with Gasteiger partial charge in [-0.15, -0.1) is 11.6 Å². The molecule has 0 bridgehead atoms. The fraction of sp³-hybridized carbons (Fsp3) is 1.00. The van der Waals surface area contributed by atoms with Crippen LogP contribution in [0.25, 0.3) is 0 Å². The van der Waals surface area contributed by atoms with Crippen LogP contribution in [-0.2, 0) is 0 Å². The minimum absolute atomic E-state index is 0.368. The van der Waals surface area contributed by atoms with E-state index in [1.807, 2.05) is 0 Å². The SMILES string of the molecule is CC(Cl)C1CCNCC1. The van der Waals surface area contributed by atoms with Crippen molar-refractivity contribution in [3.8, 4) is 0 Å². The van der Waals surface area contributed by atoms with E-state index in [-0.39, 0.29) is 0 Å². The minimum Gasteiger partial charge on any atom is -0.317 e. The molecule has 2 heteroatoms. The van der Waals surface area contributed by atoms with Crippen LogP contribution in [0.3, 0.4) is 0 Å². The highest BCUT2D eigenvalue weighted by atomic mass is 35.5. The number of nitrogens with one attached hydrogen (secondary N) is 1. The van der Waals surface area contributed by atoms with Crippen molar-refractivity contribution in [2.45, 2.75) is 25.1 Å². The molecule has 1 atom stereocenters. The average Bonchev–Trinajstić information content (AvgIpc) is 1.90. The predicted molar refractivity (Wildman–Crippen MR) is 40.9 cm³/mol. The van der Waals surface area contributed by atoms with E-state index < -0.39 is 0 Å². The van der Waals surface area contributed by atoms with Crippen LogP contribution in [0.2, 0.25) is 0 Å². The summed E-state index contributed by atoms with van der Waals surface area (Å²) < 4.78 is 0. The topological polar surface area (TPSA) is 12.0 Å². The van der Waals surface area contributed by atoms with Gasteiger partial charge in [-0.3, -0.25) is 0 Å². The molecule has 1 heterocycles. The molecular weight excluding hydrogens is 134 g/mol. The molecule has 0 aliphatic carbocycles. The number of halogens is 1. The van der Waals surface area contributed by atoms with E-state index in [0.29, 0.717) is 5.38 Å². The highest BCUT2D eigenvalue weighted by Crippen LogP contribution is 2.19. The molecule has 1 aliphatic heterocycles. The molecule has 0 aromatic heterocycles. The molecule has 1 rings (SSSR count). The van der Waals surface area contributed by atoms with E-state index in [1.54, 1.807) is 0 Å². The summed E-state index contributed by atoms with van der Waals surface area (Å²) in [6.07, 6.45) is 2.51. The summed E-state index contributed by atoms with van der Waals surface area (Å²) in [5.41, 5.74) is 0. The molecule has 1 aliphatic rings. The van der Waals surface area contributed by atoms with Crippen LogP contribution in [0.1, 0.15) is 19.8 Å². The largest absolute Gasteiger partial charge is 0.317 e. The normalized spacial score (nSPS) is 26.0. The van der Waals surface area contributed by atoms with E-state index in [9.17, 15) is 0 Å². The maximum Gasteiger partial charge on any atom is 0.0337 e. The Morgan fingerprint density at radius 3 is 2.33 bits per heavy atom. The van der Waals surface area contributed by atoms with Gasteiger partial charge in [0.15, 0.2) is 0 Å². The van der Waals surface area contributed by atoms with Crippen LogP contribution < -0.4 is 5.32 Å². The van der Waals surface area contributed by atoms with Gasteiger partial charge in [0.25, 0.3) is 0 Å². The minimum atomic E-state index is 0.368. The van der Waals surface area contributed by atoms with Crippen LogP contribution in [-0.4, -0.2) is 18.5 Å². The molecule has 0 spiro atoms. The van der Waals surface area contributed by atoms with Crippen LogP contribution >= 0.6 is 11.6 Å². The van der Waals surface area contributed by atoms with Crippen LogP contribution in [0.5, 0.6) is 0 Å².